The average molecular weight is 416 g/mol. The maximum absolute atomic E-state index is 14.6. The predicted molar refractivity (Wildman–Crippen MR) is 107 cm³/mol. The van der Waals surface area contributed by atoms with Gasteiger partial charge in [-0.15, -0.1) is 0 Å². The van der Waals surface area contributed by atoms with Crippen LogP contribution in [0.4, 0.5) is 19.3 Å². The molecule has 2 aliphatic heterocycles. The molecule has 0 spiro atoms. The second-order valence-electron chi connectivity index (χ2n) is 6.67. The van der Waals surface area contributed by atoms with Gasteiger partial charge in [0.2, 0.25) is 0 Å². The van der Waals surface area contributed by atoms with Crippen LogP contribution in [-0.4, -0.2) is 42.3 Å². The molecule has 8 heteroatoms. The van der Waals surface area contributed by atoms with Crippen molar-refractivity contribution in [2.75, 3.05) is 31.2 Å². The van der Waals surface area contributed by atoms with E-state index in [-0.39, 0.29) is 17.0 Å². The van der Waals surface area contributed by atoms with E-state index in [1.807, 2.05) is 4.90 Å². The molecule has 2 aromatic rings. The van der Waals surface area contributed by atoms with Gasteiger partial charge in [-0.1, -0.05) is 24.3 Å². The topological polar surface area (TPSA) is 49.9 Å². The Labute approximate surface area is 170 Å². The summed E-state index contributed by atoms with van der Waals surface area (Å²) in [6.45, 7) is 2.20. The third-order valence-corrected chi connectivity index (χ3v) is 5.69. The van der Waals surface area contributed by atoms with Crippen molar-refractivity contribution < 1.29 is 23.1 Å². The van der Waals surface area contributed by atoms with Gasteiger partial charge < -0.3 is 9.64 Å². The third kappa shape index (κ3) is 4.18. The number of anilines is 1. The highest BCUT2D eigenvalue weighted by atomic mass is 32.2. The molecule has 2 heterocycles. The van der Waals surface area contributed by atoms with E-state index < -0.39 is 22.8 Å². The molecule has 29 heavy (non-hydrogen) atoms. The van der Waals surface area contributed by atoms with Crippen LogP contribution in [0.15, 0.2) is 47.4 Å². The summed E-state index contributed by atoms with van der Waals surface area (Å²) in [5.74, 6) is -1.39. The first kappa shape index (κ1) is 19.6. The van der Waals surface area contributed by atoms with Crippen LogP contribution in [0.2, 0.25) is 0 Å². The zero-order valence-electron chi connectivity index (χ0n) is 15.4. The van der Waals surface area contributed by atoms with Crippen molar-refractivity contribution in [1.29, 1.82) is 0 Å². The van der Waals surface area contributed by atoms with Gasteiger partial charge in [-0.2, -0.15) is 0 Å². The molecule has 0 unspecified atom stereocenters. The quantitative estimate of drug-likeness (QED) is 0.705. The molecule has 4 rings (SSSR count). The van der Waals surface area contributed by atoms with Crippen molar-refractivity contribution in [3.8, 4) is 0 Å². The van der Waals surface area contributed by atoms with E-state index >= 15 is 0 Å². The number of halogens is 2. The molecule has 2 aromatic carbocycles. The van der Waals surface area contributed by atoms with Gasteiger partial charge in [0.05, 0.1) is 30.4 Å². The van der Waals surface area contributed by atoms with E-state index in [1.54, 1.807) is 24.3 Å². The maximum Gasteiger partial charge on any atom is 0.293 e. The van der Waals surface area contributed by atoms with Gasteiger partial charge >= 0.3 is 0 Å². The van der Waals surface area contributed by atoms with E-state index in [2.05, 4.69) is 0 Å². The first-order valence-electron chi connectivity index (χ1n) is 9.14. The molecular weight excluding hydrogens is 398 g/mol. The van der Waals surface area contributed by atoms with E-state index in [4.69, 9.17) is 4.74 Å². The van der Waals surface area contributed by atoms with Gasteiger partial charge in [0.15, 0.2) is 0 Å². The Morgan fingerprint density at radius 2 is 1.79 bits per heavy atom. The summed E-state index contributed by atoms with van der Waals surface area (Å²) in [5, 5.41) is -0.477. The highest BCUT2D eigenvalue weighted by molar-refractivity contribution is 8.18. The summed E-state index contributed by atoms with van der Waals surface area (Å²) >= 11 is 0.767. The fraction of sp³-hybridized carbons (Fsp3) is 0.238. The number of morpholine rings is 1. The molecular formula is C21H18F2N2O3S. The summed E-state index contributed by atoms with van der Waals surface area (Å²) in [4.78, 5) is 27.9. The number of benzene rings is 2. The molecule has 0 radical (unpaired) electrons. The van der Waals surface area contributed by atoms with Crippen LogP contribution in [0.25, 0.3) is 6.08 Å². The normalized spacial score (nSPS) is 18.8. The van der Waals surface area contributed by atoms with Crippen LogP contribution in [0.1, 0.15) is 11.1 Å². The predicted octanol–water partition coefficient (Wildman–Crippen LogP) is 4.04. The molecule has 5 nitrogen and oxygen atoms in total. The third-order valence-electron chi connectivity index (χ3n) is 4.78. The van der Waals surface area contributed by atoms with Crippen LogP contribution in [0.3, 0.4) is 0 Å². The molecule has 2 saturated heterocycles. The Kier molecular flexibility index (Phi) is 5.64. The number of imide groups is 1. The monoisotopic (exact) mass is 416 g/mol. The van der Waals surface area contributed by atoms with Gasteiger partial charge in [-0.3, -0.25) is 14.5 Å². The van der Waals surface area contributed by atoms with Gasteiger partial charge in [0, 0.05) is 18.7 Å². The molecule has 0 aromatic heterocycles. The highest BCUT2D eigenvalue weighted by Gasteiger charge is 2.35. The maximum atomic E-state index is 14.6. The Balaban J connectivity index is 1.52. The lowest BCUT2D eigenvalue weighted by Crippen LogP contribution is -2.36. The van der Waals surface area contributed by atoms with Crippen LogP contribution in [0, 0.1) is 11.6 Å². The van der Waals surface area contributed by atoms with Crippen molar-refractivity contribution in [2.24, 2.45) is 0 Å². The second-order valence-corrected chi connectivity index (χ2v) is 7.66. The van der Waals surface area contributed by atoms with Crippen molar-refractivity contribution >= 4 is 34.7 Å². The lowest BCUT2D eigenvalue weighted by atomic mass is 10.1. The van der Waals surface area contributed by atoms with Crippen LogP contribution >= 0.6 is 11.8 Å². The number of nitrogens with zero attached hydrogens (tertiary/aromatic N) is 2. The minimum atomic E-state index is -0.513. The summed E-state index contributed by atoms with van der Waals surface area (Å²) < 4.78 is 33.7. The molecule has 0 atom stereocenters. The Hall–Kier alpha value is -2.71. The Morgan fingerprint density at radius 1 is 1.03 bits per heavy atom. The van der Waals surface area contributed by atoms with E-state index in [0.29, 0.717) is 37.6 Å². The Morgan fingerprint density at radius 3 is 2.52 bits per heavy atom. The number of amides is 2. The van der Waals surface area contributed by atoms with Gasteiger partial charge in [0.1, 0.15) is 11.6 Å². The number of ether oxygens (including phenoxy) is 1. The van der Waals surface area contributed by atoms with Gasteiger partial charge in [-0.05, 0) is 41.6 Å². The molecule has 0 saturated carbocycles. The zero-order valence-corrected chi connectivity index (χ0v) is 16.3. The number of hydrogen-bond donors (Lipinski definition) is 0. The first-order valence-corrected chi connectivity index (χ1v) is 9.95. The van der Waals surface area contributed by atoms with Crippen molar-refractivity contribution in [1.82, 2.24) is 4.90 Å². The smallest absolute Gasteiger partial charge is 0.293 e. The first-order chi connectivity index (χ1) is 14.0. The van der Waals surface area contributed by atoms with Gasteiger partial charge in [-0.25, -0.2) is 8.78 Å². The fourth-order valence-electron chi connectivity index (χ4n) is 3.26. The summed E-state index contributed by atoms with van der Waals surface area (Å²) in [5.41, 5.74) is 1.23. The van der Waals surface area contributed by atoms with Crippen molar-refractivity contribution in [3.05, 3.63) is 70.1 Å². The van der Waals surface area contributed by atoms with Gasteiger partial charge in [0.25, 0.3) is 11.1 Å². The van der Waals surface area contributed by atoms with Crippen LogP contribution < -0.4 is 4.90 Å². The van der Waals surface area contributed by atoms with Crippen LogP contribution in [0.5, 0.6) is 0 Å². The molecule has 0 bridgehead atoms. The van der Waals surface area contributed by atoms with E-state index in [1.165, 1.54) is 24.3 Å². The molecule has 2 amide bonds. The van der Waals surface area contributed by atoms with E-state index in [9.17, 15) is 18.4 Å². The number of thioether (sulfide) groups is 1. The summed E-state index contributed by atoms with van der Waals surface area (Å²) in [7, 11) is 0. The number of carbonyl (C=O) groups is 2. The molecule has 0 N–H and O–H groups in total. The lowest BCUT2D eigenvalue weighted by Gasteiger charge is -2.29. The average Bonchev–Trinajstić information content (AvgIpc) is 2.98. The molecule has 0 aliphatic carbocycles. The second kappa shape index (κ2) is 8.34. The van der Waals surface area contributed by atoms with Crippen LogP contribution in [-0.2, 0) is 16.1 Å². The fourth-order valence-corrected chi connectivity index (χ4v) is 4.10. The minimum Gasteiger partial charge on any atom is -0.378 e. The van der Waals surface area contributed by atoms with Crippen molar-refractivity contribution in [2.45, 2.75) is 6.54 Å². The number of rotatable bonds is 4. The lowest BCUT2D eigenvalue weighted by molar-refractivity contribution is -0.123. The number of carbonyl (C=O) groups excluding carboxylic acids is 2. The molecule has 2 fully saturated rings. The van der Waals surface area contributed by atoms with Crippen molar-refractivity contribution in [3.63, 3.8) is 0 Å². The Bertz CT molecular complexity index is 990. The van der Waals surface area contributed by atoms with E-state index in [0.717, 1.165) is 16.7 Å². The number of hydrogen-bond acceptors (Lipinski definition) is 5. The molecule has 2 aliphatic rings. The summed E-state index contributed by atoms with van der Waals surface area (Å²) in [6, 6.07) is 10.7. The SMILES string of the molecule is O=C1S/C(=C\c2ccc(N3CCOCC3)c(F)c2)C(=O)N1Cc1ccccc1F. The standard InChI is InChI=1S/C21H18F2N2O3S/c22-16-4-2-1-3-15(16)13-25-20(26)19(29-21(25)27)12-14-5-6-18(17(23)11-14)24-7-9-28-10-8-24/h1-6,11-12H,7-10,13H2/b19-12-. The zero-order chi connectivity index (χ0) is 20.4. The molecule has 150 valence electrons. The highest BCUT2D eigenvalue weighted by Crippen LogP contribution is 2.34. The largest absolute Gasteiger partial charge is 0.378 e. The minimum absolute atomic E-state index is 0.140. The summed E-state index contributed by atoms with van der Waals surface area (Å²) in [6.07, 6.45) is 1.48.